The summed E-state index contributed by atoms with van der Waals surface area (Å²) in [5, 5.41) is 12.4. The fourth-order valence-electron chi connectivity index (χ4n) is 12.8. The smallest absolute Gasteiger partial charge is 0.404 e. The van der Waals surface area contributed by atoms with Crippen LogP contribution in [0.4, 0.5) is 9.59 Å². The average Bonchev–Trinajstić information content (AvgIpc) is 1.57. The minimum atomic E-state index is -1.06. The Morgan fingerprint density at radius 3 is 1.13 bits per heavy atom. The number of nitrogens with one attached hydrogen (secondary N) is 1. The maximum atomic E-state index is 14.3. The molecule has 6 atom stereocenters. The summed E-state index contributed by atoms with van der Waals surface area (Å²) in [5.41, 5.74) is 20.0. The van der Waals surface area contributed by atoms with Crippen molar-refractivity contribution in [3.63, 3.8) is 0 Å². The number of amides is 4. The molecule has 514 valence electrons. The number of benzene rings is 7. The first-order valence-corrected chi connectivity index (χ1v) is 33.5. The van der Waals surface area contributed by atoms with E-state index in [2.05, 4.69) is 88.1 Å². The Labute approximate surface area is 589 Å². The lowest BCUT2D eigenvalue weighted by molar-refractivity contribution is -0.161. The van der Waals surface area contributed by atoms with Crippen LogP contribution in [0.1, 0.15) is 87.5 Å². The Morgan fingerprint density at radius 2 is 0.812 bits per heavy atom. The number of pyridine rings is 2. The van der Waals surface area contributed by atoms with Gasteiger partial charge in [0, 0.05) is 38.8 Å². The van der Waals surface area contributed by atoms with Crippen LogP contribution in [-0.2, 0) is 56.8 Å². The van der Waals surface area contributed by atoms with Crippen LogP contribution in [0.3, 0.4) is 0 Å². The summed E-state index contributed by atoms with van der Waals surface area (Å²) >= 11 is 2.69. The number of ether oxygens (including phenoxy) is 4. The maximum Gasteiger partial charge on any atom is 0.404 e. The van der Waals surface area contributed by atoms with Gasteiger partial charge in [0.1, 0.15) is 36.0 Å². The number of nitrogens with zero attached hydrogens (tertiary/aromatic N) is 4. The molecular weight excluding hydrogens is 1330 g/mol. The van der Waals surface area contributed by atoms with E-state index in [1.54, 1.807) is 50.5 Å². The summed E-state index contributed by atoms with van der Waals surface area (Å²) in [6.07, 6.45) is 3.34. The first kappa shape index (κ1) is 72.3. The lowest BCUT2D eigenvalue weighted by Gasteiger charge is -2.40. The van der Waals surface area contributed by atoms with Crippen LogP contribution in [0.5, 0.6) is 0 Å². The lowest BCUT2D eigenvalue weighted by atomic mass is 9.77. The van der Waals surface area contributed by atoms with Gasteiger partial charge >= 0.3 is 24.1 Å². The van der Waals surface area contributed by atoms with Crippen LogP contribution in [0.25, 0.3) is 12.2 Å². The van der Waals surface area contributed by atoms with Crippen molar-refractivity contribution in [2.75, 3.05) is 13.2 Å². The number of esters is 2. The Bertz CT molecular complexity index is 4250. The molecule has 24 heteroatoms. The van der Waals surface area contributed by atoms with E-state index in [4.69, 9.17) is 50.3 Å². The number of hydrogen-bond donors (Lipinski definition) is 4. The largest absolute Gasteiger partial charge is 0.451 e. The van der Waals surface area contributed by atoms with Crippen molar-refractivity contribution in [1.29, 1.82) is 0 Å². The van der Waals surface area contributed by atoms with Crippen LogP contribution in [0, 0.1) is 19.9 Å². The van der Waals surface area contributed by atoms with Gasteiger partial charge in [0.25, 0.3) is 11.8 Å². The third-order valence-electron chi connectivity index (χ3n) is 17.5. The van der Waals surface area contributed by atoms with Crippen molar-refractivity contribution in [3.05, 3.63) is 341 Å². The van der Waals surface area contributed by atoms with Crippen molar-refractivity contribution in [3.8, 4) is 0 Å². The van der Waals surface area contributed by atoms with Gasteiger partial charge in [0.05, 0.1) is 44.2 Å². The van der Waals surface area contributed by atoms with Crippen LogP contribution in [-0.4, -0.2) is 106 Å². The highest BCUT2D eigenvalue weighted by molar-refractivity contribution is 8.02. The standard InChI is InChI=1S/C48H42N4O5S.C29H27N3O6S.2O2/c1-47(32-56-46(49)55)42(45(54)57-41(34-17-7-2-8-18-34)35-19-9-3-10-20-35)52-43(53)40(44(52)58-47)30-39-29-33(27-28-50-39)31-51-48(36-21-11-4-12-22-36,37-23-13-5-14-24-37)38-25-15-6-16-26-38;1-29(17-37-28(30)36)24(27(35)38-23(19-8-4-2-5-9-19)20-10-6-3-7-11-20)32-25(34)22(26(32)39-29)15-21-14-18(16-33)12-13-31-21;2*1-2/h2-30,41-42,44,51H,31-32H2,1H3,(H2,49,55);2-15,23-24,26,33H,16-17H2,1H3,(H2,30,36);;/b40-30-;22-15-;;/t42-,44?,47-;24-,26?,29-;;/m00../s1. The van der Waals surface area contributed by atoms with Crippen LogP contribution < -0.4 is 16.8 Å². The molecule has 4 saturated heterocycles. The molecule has 2 unspecified atom stereocenters. The van der Waals surface area contributed by atoms with Crippen LogP contribution in [0.2, 0.25) is 0 Å². The van der Waals surface area contributed by atoms with Gasteiger partial charge in [-0.25, -0.2) is 19.2 Å². The maximum absolute atomic E-state index is 14.3. The first-order valence-electron chi connectivity index (χ1n) is 31.7. The number of rotatable bonds is 21. The van der Waals surface area contributed by atoms with Crippen LogP contribution in [0.15, 0.2) is 260 Å². The van der Waals surface area contributed by atoms with Crippen molar-refractivity contribution in [2.24, 2.45) is 11.5 Å². The summed E-state index contributed by atoms with van der Waals surface area (Å²) in [5.74, 6) is -1.89. The molecule has 7 aromatic carbocycles. The summed E-state index contributed by atoms with van der Waals surface area (Å²) in [6, 6.07) is 73.9. The molecule has 0 radical (unpaired) electrons. The summed E-state index contributed by atoms with van der Waals surface area (Å²) in [7, 11) is 0. The van der Waals surface area contributed by atoms with Crippen LogP contribution >= 0.6 is 23.5 Å². The molecule has 2 aromatic heterocycles. The molecular formula is C77H69N7O15S2. The second-order valence-corrected chi connectivity index (χ2v) is 27.3. The van der Waals surface area contributed by atoms with Crippen molar-refractivity contribution in [2.45, 2.75) is 77.1 Å². The Morgan fingerprint density at radius 1 is 0.505 bits per heavy atom. The molecule has 0 saturated carbocycles. The number of hydrogen-bond acceptors (Lipinski definition) is 20. The Balaban J connectivity index is 0.000000223. The normalized spacial score (nSPS) is 20.0. The van der Waals surface area contributed by atoms with E-state index in [1.165, 1.54) is 33.3 Å². The number of fused-ring (bicyclic) bond motifs is 2. The van der Waals surface area contributed by atoms with Gasteiger partial charge < -0.3 is 45.3 Å². The van der Waals surface area contributed by atoms with Gasteiger partial charge in [-0.05, 0) is 100 Å². The summed E-state index contributed by atoms with van der Waals surface area (Å²) in [6.45, 7) is 3.47. The topological polar surface area (TPSA) is 324 Å². The first-order chi connectivity index (χ1) is 49.1. The molecule has 4 aliphatic heterocycles. The second-order valence-electron chi connectivity index (χ2n) is 24.0. The second kappa shape index (κ2) is 32.9. The number of thioether (sulfide) groups is 2. The quantitative estimate of drug-likeness (QED) is 0.0171. The molecule has 4 amide bonds. The molecule has 4 aliphatic rings. The minimum absolute atomic E-state index is 0.155. The molecule has 13 rings (SSSR count). The van der Waals surface area contributed by atoms with E-state index in [1.807, 2.05) is 152 Å². The number of nitrogens with two attached hydrogens (primary N) is 2. The molecule has 0 aliphatic carbocycles. The predicted octanol–water partition coefficient (Wildman–Crippen LogP) is 11.6. The number of aromatic nitrogens is 2. The van der Waals surface area contributed by atoms with Gasteiger partial charge in [-0.2, -0.15) is 0 Å². The zero-order valence-corrected chi connectivity index (χ0v) is 56.2. The van der Waals surface area contributed by atoms with Gasteiger partial charge in [0.2, 0.25) is 0 Å². The van der Waals surface area contributed by atoms with Gasteiger partial charge in [0.15, 0.2) is 12.2 Å². The fraction of sp³-hybridized carbons (Fsp3) is 0.195. The molecule has 4 fully saturated rings. The average molecular weight is 1400 g/mol. The van der Waals surface area contributed by atoms with E-state index in [0.717, 1.165) is 44.5 Å². The number of aliphatic hydroxyl groups is 1. The molecule has 0 bridgehead atoms. The van der Waals surface area contributed by atoms with Crippen molar-refractivity contribution in [1.82, 2.24) is 25.1 Å². The summed E-state index contributed by atoms with van der Waals surface area (Å²) < 4.78 is 20.7. The number of primary amides is 2. The highest BCUT2D eigenvalue weighted by Gasteiger charge is 2.66. The fourth-order valence-corrected chi connectivity index (χ4v) is 16.0. The molecule has 6 N–H and O–H groups in total. The lowest BCUT2D eigenvalue weighted by Crippen LogP contribution is -2.60. The van der Waals surface area contributed by atoms with Crippen molar-refractivity contribution >= 4 is 71.6 Å². The van der Waals surface area contributed by atoms with Crippen molar-refractivity contribution < 1.29 is 52.8 Å². The third-order valence-corrected chi connectivity index (χ3v) is 20.6. The third kappa shape index (κ3) is 15.9. The SMILES string of the molecule is C[C@@]1(COC(N)=O)SC2/C(=C\c3cc(CNC(c4ccccc4)(c4ccccc4)c4ccccc4)ccn3)C(=O)N2[C@H]1C(=O)OC(c1ccccc1)c1ccccc1.C[C@@]1(COC(N)=O)SC2/C(=C\c3cc(CO)ccn3)C(=O)N2[C@H]1C(=O)OC(c1ccccc1)c1ccccc1.O=O.O=O. The number of β-lactam (4-membered cyclic amide) rings is 2. The zero-order valence-electron chi connectivity index (χ0n) is 54.5. The van der Waals surface area contributed by atoms with E-state index in [9.17, 15) is 33.9 Å². The molecule has 22 nitrogen and oxygen atoms in total. The highest BCUT2D eigenvalue weighted by Crippen LogP contribution is 2.56. The minimum Gasteiger partial charge on any atom is -0.451 e. The Hall–Kier alpha value is -11.4. The molecule has 9 aromatic rings. The zero-order chi connectivity index (χ0) is 71.7. The van der Waals surface area contributed by atoms with Gasteiger partial charge in [-0.15, -0.1) is 23.5 Å². The van der Waals surface area contributed by atoms with E-state index < -0.39 is 74.2 Å². The predicted molar refractivity (Wildman–Crippen MR) is 383 cm³/mol. The van der Waals surface area contributed by atoms with E-state index in [-0.39, 0.29) is 31.6 Å². The molecule has 6 heterocycles. The van der Waals surface area contributed by atoms with Gasteiger partial charge in [-0.3, -0.25) is 24.9 Å². The molecule has 101 heavy (non-hydrogen) atoms. The highest BCUT2D eigenvalue weighted by atomic mass is 32.2. The Kier molecular flexibility index (Phi) is 23.6. The summed E-state index contributed by atoms with van der Waals surface area (Å²) in [4.78, 5) is 119. The number of carbonyl (C=O) groups excluding carboxylic acids is 6. The number of carbonyl (C=O) groups is 6. The van der Waals surface area contributed by atoms with Gasteiger partial charge in [-0.1, -0.05) is 212 Å². The molecule has 0 spiro atoms. The monoisotopic (exact) mass is 1400 g/mol. The van der Waals surface area contributed by atoms with E-state index in [0.29, 0.717) is 34.6 Å². The number of aliphatic hydroxyl groups excluding tert-OH is 1. The van der Waals surface area contributed by atoms with E-state index >= 15 is 0 Å².